The number of carbonyl (C=O) groups excluding carboxylic acids is 1. The van der Waals surface area contributed by atoms with Crippen molar-refractivity contribution in [2.24, 2.45) is 0 Å². The van der Waals surface area contributed by atoms with Crippen LogP contribution in [0, 0.1) is 0 Å². The van der Waals surface area contributed by atoms with Crippen molar-refractivity contribution >= 4 is 28.4 Å². The Labute approximate surface area is 166 Å². The molecule has 4 rings (SSSR count). The van der Waals surface area contributed by atoms with Gasteiger partial charge in [0.2, 0.25) is 0 Å². The molecule has 0 saturated heterocycles. The van der Waals surface area contributed by atoms with Crippen molar-refractivity contribution in [1.82, 2.24) is 14.5 Å². The molecular formula is C22H17N3O2S. The van der Waals surface area contributed by atoms with Crippen molar-refractivity contribution < 1.29 is 4.79 Å². The van der Waals surface area contributed by atoms with Gasteiger partial charge >= 0.3 is 0 Å². The Morgan fingerprint density at radius 3 is 2.54 bits per heavy atom. The number of pyridine rings is 1. The second-order valence-corrected chi connectivity index (χ2v) is 7.18. The highest BCUT2D eigenvalue weighted by molar-refractivity contribution is 7.99. The lowest BCUT2D eigenvalue weighted by atomic mass is 10.2. The van der Waals surface area contributed by atoms with Crippen LogP contribution in [0.15, 0.2) is 89.1 Å². The lowest BCUT2D eigenvalue weighted by Gasteiger charge is -2.13. The van der Waals surface area contributed by atoms with Gasteiger partial charge < -0.3 is 0 Å². The number of carbonyl (C=O) groups is 1. The van der Waals surface area contributed by atoms with Crippen LogP contribution >= 0.6 is 11.8 Å². The molecule has 28 heavy (non-hydrogen) atoms. The predicted octanol–water partition coefficient (Wildman–Crippen LogP) is 3.81. The van der Waals surface area contributed by atoms with E-state index in [0.717, 1.165) is 5.56 Å². The van der Waals surface area contributed by atoms with Gasteiger partial charge in [0.25, 0.3) is 5.56 Å². The van der Waals surface area contributed by atoms with Crippen LogP contribution in [0.1, 0.15) is 15.9 Å². The molecule has 138 valence electrons. The first-order chi connectivity index (χ1) is 13.7. The normalized spacial score (nSPS) is 10.9. The van der Waals surface area contributed by atoms with E-state index in [-0.39, 0.29) is 17.1 Å². The first-order valence-electron chi connectivity index (χ1n) is 8.82. The Bertz CT molecular complexity index is 1170. The van der Waals surface area contributed by atoms with Gasteiger partial charge in [-0.25, -0.2) is 4.98 Å². The maximum Gasteiger partial charge on any atom is 0.262 e. The van der Waals surface area contributed by atoms with Crippen LogP contribution in [0.5, 0.6) is 0 Å². The van der Waals surface area contributed by atoms with Gasteiger partial charge in [0.1, 0.15) is 0 Å². The second kappa shape index (κ2) is 8.19. The Kier molecular flexibility index (Phi) is 5.30. The van der Waals surface area contributed by atoms with Gasteiger partial charge in [0, 0.05) is 18.0 Å². The summed E-state index contributed by atoms with van der Waals surface area (Å²) in [6, 6.07) is 20.1. The van der Waals surface area contributed by atoms with E-state index in [9.17, 15) is 9.59 Å². The fraction of sp³-hybridized carbons (Fsp3) is 0.0909. The molecule has 0 aliphatic rings. The minimum Gasteiger partial charge on any atom is -0.293 e. The van der Waals surface area contributed by atoms with Crippen molar-refractivity contribution in [2.75, 3.05) is 5.75 Å². The molecule has 0 aliphatic carbocycles. The number of hydrogen-bond donors (Lipinski definition) is 0. The summed E-state index contributed by atoms with van der Waals surface area (Å²) in [5.41, 5.74) is 2.06. The van der Waals surface area contributed by atoms with Crippen molar-refractivity contribution in [3.63, 3.8) is 0 Å². The maximum absolute atomic E-state index is 13.1. The summed E-state index contributed by atoms with van der Waals surface area (Å²) in [6.45, 7) is 0.354. The number of thioether (sulfide) groups is 1. The molecule has 0 radical (unpaired) electrons. The third-order valence-corrected chi connectivity index (χ3v) is 5.29. The van der Waals surface area contributed by atoms with Crippen LogP contribution in [-0.4, -0.2) is 26.1 Å². The van der Waals surface area contributed by atoms with Gasteiger partial charge in [-0.1, -0.05) is 60.3 Å². The Morgan fingerprint density at radius 2 is 1.75 bits per heavy atom. The first-order valence-corrected chi connectivity index (χ1v) is 9.80. The van der Waals surface area contributed by atoms with Crippen LogP contribution in [0.25, 0.3) is 10.9 Å². The third-order valence-electron chi connectivity index (χ3n) is 4.32. The Balaban J connectivity index is 1.70. The fourth-order valence-electron chi connectivity index (χ4n) is 2.91. The minimum absolute atomic E-state index is 0.000866. The summed E-state index contributed by atoms with van der Waals surface area (Å²) in [4.78, 5) is 34.3. The van der Waals surface area contributed by atoms with E-state index in [1.54, 1.807) is 35.2 Å². The van der Waals surface area contributed by atoms with E-state index in [1.165, 1.54) is 11.8 Å². The number of aromatic nitrogens is 3. The van der Waals surface area contributed by atoms with Gasteiger partial charge in [-0.15, -0.1) is 0 Å². The number of fused-ring (bicyclic) bond motifs is 1. The molecule has 0 N–H and O–H groups in total. The molecule has 4 aromatic rings. The number of ketones is 1. The monoisotopic (exact) mass is 387 g/mol. The molecular weight excluding hydrogens is 370 g/mol. The van der Waals surface area contributed by atoms with Gasteiger partial charge in [-0.2, -0.15) is 0 Å². The highest BCUT2D eigenvalue weighted by Gasteiger charge is 2.14. The molecule has 0 unspecified atom stereocenters. The average Bonchev–Trinajstić information content (AvgIpc) is 2.75. The molecule has 0 amide bonds. The van der Waals surface area contributed by atoms with E-state index in [1.807, 2.05) is 48.5 Å². The molecule has 0 bridgehead atoms. The molecule has 2 aromatic heterocycles. The van der Waals surface area contributed by atoms with Crippen LogP contribution in [0.4, 0.5) is 0 Å². The number of benzene rings is 2. The van der Waals surface area contributed by atoms with Crippen LogP contribution < -0.4 is 5.56 Å². The van der Waals surface area contributed by atoms with Crippen LogP contribution in [0.2, 0.25) is 0 Å². The number of para-hydroxylation sites is 1. The summed E-state index contributed by atoms with van der Waals surface area (Å²) >= 11 is 1.28. The zero-order valence-electron chi connectivity index (χ0n) is 15.0. The highest BCUT2D eigenvalue weighted by atomic mass is 32.2. The highest BCUT2D eigenvalue weighted by Crippen LogP contribution is 2.20. The lowest BCUT2D eigenvalue weighted by Crippen LogP contribution is -2.24. The van der Waals surface area contributed by atoms with Gasteiger partial charge in [-0.05, 0) is 23.8 Å². The van der Waals surface area contributed by atoms with E-state index in [0.29, 0.717) is 28.2 Å². The standard InChI is InChI=1S/C22H17N3O2S/c26-20(17-8-2-1-3-9-17)15-28-22-24-19-11-5-4-10-18(19)21(27)25(22)14-16-7-6-12-23-13-16/h1-13H,14-15H2. The molecule has 0 atom stereocenters. The lowest BCUT2D eigenvalue weighted by molar-refractivity contribution is 0.102. The largest absolute Gasteiger partial charge is 0.293 e. The number of nitrogens with zero attached hydrogens (tertiary/aromatic N) is 3. The molecule has 2 heterocycles. The van der Waals surface area contributed by atoms with Crippen molar-refractivity contribution in [3.05, 3.63) is 101 Å². The van der Waals surface area contributed by atoms with E-state index >= 15 is 0 Å². The molecule has 0 saturated carbocycles. The molecule has 6 heteroatoms. The molecule has 2 aromatic carbocycles. The SMILES string of the molecule is O=C(CSc1nc2ccccc2c(=O)n1Cc1cccnc1)c1ccccc1. The molecule has 0 fully saturated rings. The Hall–Kier alpha value is -3.25. The summed E-state index contributed by atoms with van der Waals surface area (Å²) in [5.74, 6) is 0.211. The van der Waals surface area contributed by atoms with Gasteiger partial charge in [0.05, 0.1) is 23.2 Å². The van der Waals surface area contributed by atoms with E-state index in [2.05, 4.69) is 9.97 Å². The van der Waals surface area contributed by atoms with Gasteiger partial charge in [0.15, 0.2) is 10.9 Å². The topological polar surface area (TPSA) is 64.8 Å². The zero-order valence-corrected chi connectivity index (χ0v) is 15.8. The summed E-state index contributed by atoms with van der Waals surface area (Å²) in [7, 11) is 0. The van der Waals surface area contributed by atoms with Gasteiger partial charge in [-0.3, -0.25) is 19.1 Å². The summed E-state index contributed by atoms with van der Waals surface area (Å²) in [5, 5.41) is 1.09. The minimum atomic E-state index is -0.121. The average molecular weight is 387 g/mol. The van der Waals surface area contributed by atoms with Crippen LogP contribution in [0.3, 0.4) is 0 Å². The van der Waals surface area contributed by atoms with Crippen molar-refractivity contribution in [1.29, 1.82) is 0 Å². The third kappa shape index (κ3) is 3.87. The maximum atomic E-state index is 13.1. The number of Topliss-reactive ketones (excluding diaryl/α,β-unsaturated/α-hetero) is 1. The zero-order chi connectivity index (χ0) is 19.3. The number of rotatable bonds is 6. The molecule has 0 aliphatic heterocycles. The first kappa shape index (κ1) is 18.1. The van der Waals surface area contributed by atoms with E-state index < -0.39 is 0 Å². The van der Waals surface area contributed by atoms with Crippen molar-refractivity contribution in [2.45, 2.75) is 11.7 Å². The second-order valence-electron chi connectivity index (χ2n) is 6.24. The fourth-order valence-corrected chi connectivity index (χ4v) is 3.80. The van der Waals surface area contributed by atoms with Crippen LogP contribution in [-0.2, 0) is 6.54 Å². The predicted molar refractivity (Wildman–Crippen MR) is 111 cm³/mol. The number of hydrogen-bond acceptors (Lipinski definition) is 5. The summed E-state index contributed by atoms with van der Waals surface area (Å²) < 4.78 is 1.61. The Morgan fingerprint density at radius 1 is 0.964 bits per heavy atom. The van der Waals surface area contributed by atoms with Crippen molar-refractivity contribution in [3.8, 4) is 0 Å². The smallest absolute Gasteiger partial charge is 0.262 e. The molecule has 5 nitrogen and oxygen atoms in total. The summed E-state index contributed by atoms with van der Waals surface area (Å²) in [6.07, 6.45) is 3.42. The van der Waals surface area contributed by atoms with E-state index in [4.69, 9.17) is 0 Å². The molecule has 0 spiro atoms. The quantitative estimate of drug-likeness (QED) is 0.286.